The first-order valence-corrected chi connectivity index (χ1v) is 6.58. The number of aryl methyl sites for hydroxylation is 1. The summed E-state index contributed by atoms with van der Waals surface area (Å²) >= 11 is 0. The molecule has 0 saturated heterocycles. The van der Waals surface area contributed by atoms with Gasteiger partial charge < -0.3 is 10.3 Å². The van der Waals surface area contributed by atoms with Crippen molar-refractivity contribution in [3.05, 3.63) is 53.6 Å². The van der Waals surface area contributed by atoms with E-state index in [4.69, 9.17) is 0 Å². The molecular formula is C15H19N3. The molecule has 0 spiro atoms. The number of hydrogen-bond acceptors (Lipinski definition) is 2. The van der Waals surface area contributed by atoms with E-state index in [-0.39, 0.29) is 0 Å². The lowest BCUT2D eigenvalue weighted by Crippen LogP contribution is -2.39. The smallest absolute Gasteiger partial charge is 0.0922 e. The van der Waals surface area contributed by atoms with Gasteiger partial charge in [-0.25, -0.2) is 4.98 Å². The molecule has 18 heavy (non-hydrogen) atoms. The summed E-state index contributed by atoms with van der Waals surface area (Å²) in [5, 5.41) is 3.56. The molecule has 0 aliphatic heterocycles. The van der Waals surface area contributed by atoms with Crippen molar-refractivity contribution >= 4 is 0 Å². The fourth-order valence-corrected chi connectivity index (χ4v) is 2.53. The van der Waals surface area contributed by atoms with Crippen molar-refractivity contribution in [3.8, 4) is 0 Å². The molecule has 0 unspecified atom stereocenters. The van der Waals surface area contributed by atoms with Crippen LogP contribution in [0.25, 0.3) is 0 Å². The molecule has 1 aliphatic rings. The average Bonchev–Trinajstić information content (AvgIpc) is 2.82. The summed E-state index contributed by atoms with van der Waals surface area (Å²) in [4.78, 5) is 7.14. The molecule has 1 saturated carbocycles. The van der Waals surface area contributed by atoms with Gasteiger partial charge in [0, 0.05) is 24.5 Å². The van der Waals surface area contributed by atoms with Gasteiger partial charge in [0.15, 0.2) is 0 Å². The maximum Gasteiger partial charge on any atom is 0.0922 e. The van der Waals surface area contributed by atoms with Gasteiger partial charge in [-0.15, -0.1) is 0 Å². The Balaban J connectivity index is 1.47. The van der Waals surface area contributed by atoms with E-state index < -0.39 is 0 Å². The Bertz CT molecular complexity index is 481. The highest BCUT2D eigenvalue weighted by Gasteiger charge is 2.29. The van der Waals surface area contributed by atoms with Gasteiger partial charge in [0.2, 0.25) is 0 Å². The summed E-state index contributed by atoms with van der Waals surface area (Å²) in [6.07, 6.45) is 6.10. The standard InChI is InChI=1S/C15H19N3/c1-11-2-4-12(5-3-11)13-6-14(7-13)17-9-15-8-16-10-18-15/h2-5,8,10,13-14,17H,6-7,9H2,1H3,(H,16,18). The number of imidazole rings is 1. The van der Waals surface area contributed by atoms with E-state index in [1.165, 1.54) is 24.0 Å². The van der Waals surface area contributed by atoms with Crippen molar-refractivity contribution in [2.24, 2.45) is 0 Å². The van der Waals surface area contributed by atoms with E-state index in [1.807, 2.05) is 6.20 Å². The van der Waals surface area contributed by atoms with E-state index in [0.717, 1.165) is 18.2 Å². The first-order chi connectivity index (χ1) is 8.81. The highest BCUT2D eigenvalue weighted by Crippen LogP contribution is 2.36. The molecule has 1 aromatic carbocycles. The van der Waals surface area contributed by atoms with Crippen molar-refractivity contribution in [3.63, 3.8) is 0 Å². The number of aromatic amines is 1. The lowest BCUT2D eigenvalue weighted by atomic mass is 9.76. The van der Waals surface area contributed by atoms with Crippen LogP contribution >= 0.6 is 0 Å². The second-order valence-corrected chi connectivity index (χ2v) is 5.23. The van der Waals surface area contributed by atoms with Gasteiger partial charge in [-0.1, -0.05) is 29.8 Å². The number of nitrogens with one attached hydrogen (secondary N) is 2. The van der Waals surface area contributed by atoms with E-state index in [1.54, 1.807) is 6.33 Å². The second-order valence-electron chi connectivity index (χ2n) is 5.23. The molecule has 2 aromatic rings. The van der Waals surface area contributed by atoms with Crippen LogP contribution in [0, 0.1) is 6.92 Å². The summed E-state index contributed by atoms with van der Waals surface area (Å²) in [6, 6.07) is 9.61. The van der Waals surface area contributed by atoms with Gasteiger partial charge in [0.25, 0.3) is 0 Å². The molecule has 3 rings (SSSR count). The van der Waals surface area contributed by atoms with Crippen molar-refractivity contribution < 1.29 is 0 Å². The maximum absolute atomic E-state index is 4.02. The highest BCUT2D eigenvalue weighted by atomic mass is 15.0. The average molecular weight is 241 g/mol. The Labute approximate surface area is 108 Å². The molecule has 2 N–H and O–H groups in total. The van der Waals surface area contributed by atoms with Crippen LogP contribution in [0.1, 0.15) is 35.6 Å². The molecule has 1 aromatic heterocycles. The molecule has 3 heteroatoms. The molecule has 0 atom stereocenters. The van der Waals surface area contributed by atoms with Crippen molar-refractivity contribution in [2.45, 2.75) is 38.3 Å². The molecule has 0 radical (unpaired) electrons. The Morgan fingerprint density at radius 1 is 1.28 bits per heavy atom. The van der Waals surface area contributed by atoms with E-state index >= 15 is 0 Å². The van der Waals surface area contributed by atoms with Crippen LogP contribution in [0.2, 0.25) is 0 Å². The number of aromatic nitrogens is 2. The SMILES string of the molecule is Cc1ccc(C2CC(NCc3cnc[nH]3)C2)cc1. The third kappa shape index (κ3) is 2.46. The molecule has 1 heterocycles. The van der Waals surface area contributed by atoms with Gasteiger partial charge in [-0.3, -0.25) is 0 Å². The van der Waals surface area contributed by atoms with Crippen LogP contribution in [0.3, 0.4) is 0 Å². The largest absolute Gasteiger partial charge is 0.347 e. The predicted molar refractivity (Wildman–Crippen MR) is 72.4 cm³/mol. The summed E-state index contributed by atoms with van der Waals surface area (Å²) in [6.45, 7) is 3.03. The zero-order valence-corrected chi connectivity index (χ0v) is 10.7. The van der Waals surface area contributed by atoms with Gasteiger partial charge in [0.05, 0.1) is 6.33 Å². The Kier molecular flexibility index (Phi) is 3.15. The maximum atomic E-state index is 4.02. The number of nitrogens with zero attached hydrogens (tertiary/aromatic N) is 1. The van der Waals surface area contributed by atoms with Crippen molar-refractivity contribution in [1.82, 2.24) is 15.3 Å². The van der Waals surface area contributed by atoms with Crippen LogP contribution in [-0.2, 0) is 6.54 Å². The fourth-order valence-electron chi connectivity index (χ4n) is 2.53. The quantitative estimate of drug-likeness (QED) is 0.864. The van der Waals surface area contributed by atoms with E-state index in [2.05, 4.69) is 46.5 Å². The minimum atomic E-state index is 0.652. The van der Waals surface area contributed by atoms with Gasteiger partial charge in [-0.2, -0.15) is 0 Å². The van der Waals surface area contributed by atoms with E-state index in [9.17, 15) is 0 Å². The first kappa shape index (κ1) is 11.5. The summed E-state index contributed by atoms with van der Waals surface area (Å²) in [5.41, 5.74) is 3.99. The highest BCUT2D eigenvalue weighted by molar-refractivity contribution is 5.26. The second kappa shape index (κ2) is 4.94. The predicted octanol–water partition coefficient (Wildman–Crippen LogP) is 2.75. The third-order valence-electron chi connectivity index (χ3n) is 3.82. The molecule has 94 valence electrons. The molecule has 0 amide bonds. The van der Waals surface area contributed by atoms with Crippen LogP contribution in [-0.4, -0.2) is 16.0 Å². The van der Waals surface area contributed by atoms with Gasteiger partial charge in [0.1, 0.15) is 0 Å². The monoisotopic (exact) mass is 241 g/mol. The number of benzene rings is 1. The summed E-state index contributed by atoms with van der Waals surface area (Å²) in [7, 11) is 0. The zero-order chi connectivity index (χ0) is 12.4. The summed E-state index contributed by atoms with van der Waals surface area (Å²) < 4.78 is 0. The number of rotatable bonds is 4. The molecule has 3 nitrogen and oxygen atoms in total. The van der Waals surface area contributed by atoms with E-state index in [0.29, 0.717) is 6.04 Å². The van der Waals surface area contributed by atoms with Crippen molar-refractivity contribution in [2.75, 3.05) is 0 Å². The lowest BCUT2D eigenvalue weighted by molar-refractivity contribution is 0.288. The van der Waals surface area contributed by atoms with Crippen LogP contribution < -0.4 is 5.32 Å². The molecule has 1 aliphatic carbocycles. The summed E-state index contributed by atoms with van der Waals surface area (Å²) in [5.74, 6) is 0.741. The third-order valence-corrected chi connectivity index (χ3v) is 3.82. The number of hydrogen-bond donors (Lipinski definition) is 2. The Hall–Kier alpha value is -1.61. The van der Waals surface area contributed by atoms with Crippen LogP contribution in [0.4, 0.5) is 0 Å². The van der Waals surface area contributed by atoms with Crippen LogP contribution in [0.15, 0.2) is 36.8 Å². The lowest BCUT2D eigenvalue weighted by Gasteiger charge is -2.36. The number of H-pyrrole nitrogens is 1. The Morgan fingerprint density at radius 2 is 2.06 bits per heavy atom. The fraction of sp³-hybridized carbons (Fsp3) is 0.400. The topological polar surface area (TPSA) is 40.7 Å². The molecule has 1 fully saturated rings. The normalized spacial score (nSPS) is 22.7. The van der Waals surface area contributed by atoms with Gasteiger partial charge in [-0.05, 0) is 31.2 Å². The van der Waals surface area contributed by atoms with Crippen LogP contribution in [0.5, 0.6) is 0 Å². The molecule has 0 bridgehead atoms. The zero-order valence-electron chi connectivity index (χ0n) is 10.7. The minimum Gasteiger partial charge on any atom is -0.347 e. The van der Waals surface area contributed by atoms with Crippen molar-refractivity contribution in [1.29, 1.82) is 0 Å². The van der Waals surface area contributed by atoms with Gasteiger partial charge >= 0.3 is 0 Å². The first-order valence-electron chi connectivity index (χ1n) is 6.58. The molecular weight excluding hydrogens is 222 g/mol. The Morgan fingerprint density at radius 3 is 2.72 bits per heavy atom. The minimum absolute atomic E-state index is 0.652.